The monoisotopic (exact) mass is 514 g/mol. The van der Waals surface area contributed by atoms with Gasteiger partial charge in [-0.2, -0.15) is 0 Å². The van der Waals surface area contributed by atoms with Crippen molar-refractivity contribution in [2.24, 2.45) is 4.99 Å². The van der Waals surface area contributed by atoms with E-state index < -0.39 is 0 Å². The summed E-state index contributed by atoms with van der Waals surface area (Å²) >= 11 is 0. The smallest absolute Gasteiger partial charge is 0.191 e. The minimum absolute atomic E-state index is 0. The van der Waals surface area contributed by atoms with Crippen molar-refractivity contribution in [3.05, 3.63) is 42.4 Å². The fraction of sp³-hybridized carbons (Fsp3) is 0.619. The van der Waals surface area contributed by atoms with E-state index in [9.17, 15) is 0 Å². The van der Waals surface area contributed by atoms with E-state index in [0.29, 0.717) is 6.54 Å². The number of guanidine groups is 1. The number of unbranched alkanes of at least 4 members (excludes halogenated alkanes) is 1. The average Bonchev–Trinajstić information content (AvgIpc) is 3.45. The van der Waals surface area contributed by atoms with Crippen molar-refractivity contribution in [3.8, 4) is 0 Å². The minimum Gasteiger partial charge on any atom is -0.468 e. The fourth-order valence-corrected chi connectivity index (χ4v) is 3.69. The highest BCUT2D eigenvalue weighted by atomic mass is 127. The van der Waals surface area contributed by atoms with Crippen molar-refractivity contribution >= 4 is 29.9 Å². The molecule has 1 aliphatic heterocycles. The Morgan fingerprint density at radius 3 is 2.76 bits per heavy atom. The van der Waals surface area contributed by atoms with Crippen LogP contribution in [0.2, 0.25) is 0 Å². The molecule has 0 amide bonds. The van der Waals surface area contributed by atoms with Crippen LogP contribution in [-0.4, -0.2) is 53.1 Å². The van der Waals surface area contributed by atoms with E-state index in [1.54, 1.807) is 6.26 Å². The molecule has 0 radical (unpaired) electrons. The standard InChI is InChI=1S/C21H34N6O.HI/c1-3-22-21(24-10-4-5-12-26-15-11-23-18(26)2)25-17-19(20-9-8-16-28-20)27-13-6-7-14-27;/h8-9,11,15-16,19H,3-7,10,12-14,17H2,1-2H3,(H2,22,24,25);1H. The summed E-state index contributed by atoms with van der Waals surface area (Å²) < 4.78 is 7.90. The van der Waals surface area contributed by atoms with Crippen molar-refractivity contribution < 1.29 is 4.42 Å². The summed E-state index contributed by atoms with van der Waals surface area (Å²) in [5.41, 5.74) is 0. The molecule has 1 saturated heterocycles. The molecule has 8 heteroatoms. The van der Waals surface area contributed by atoms with Gasteiger partial charge in [0, 0.05) is 32.0 Å². The van der Waals surface area contributed by atoms with E-state index in [4.69, 9.17) is 9.41 Å². The number of imidazole rings is 1. The molecule has 0 bridgehead atoms. The summed E-state index contributed by atoms with van der Waals surface area (Å²) in [5.74, 6) is 2.98. The molecular weight excluding hydrogens is 479 g/mol. The predicted molar refractivity (Wildman–Crippen MR) is 128 cm³/mol. The average molecular weight is 514 g/mol. The Bertz CT molecular complexity index is 709. The van der Waals surface area contributed by atoms with Gasteiger partial charge in [0.15, 0.2) is 5.96 Å². The lowest BCUT2D eigenvalue weighted by atomic mass is 10.2. The third-order valence-corrected chi connectivity index (χ3v) is 5.26. The maximum Gasteiger partial charge on any atom is 0.191 e. The number of hydrogen-bond acceptors (Lipinski definition) is 4. The van der Waals surface area contributed by atoms with Crippen molar-refractivity contribution in [3.63, 3.8) is 0 Å². The minimum atomic E-state index is 0. The number of aromatic nitrogens is 2. The van der Waals surface area contributed by atoms with Crippen LogP contribution < -0.4 is 10.6 Å². The summed E-state index contributed by atoms with van der Waals surface area (Å²) in [7, 11) is 0. The first-order valence-corrected chi connectivity index (χ1v) is 10.5. The van der Waals surface area contributed by atoms with E-state index in [2.05, 4.69) is 38.1 Å². The second-order valence-electron chi connectivity index (χ2n) is 7.30. The van der Waals surface area contributed by atoms with Gasteiger partial charge in [0.1, 0.15) is 11.6 Å². The lowest BCUT2D eigenvalue weighted by molar-refractivity contribution is 0.221. The number of nitrogens with zero attached hydrogens (tertiary/aromatic N) is 4. The van der Waals surface area contributed by atoms with Crippen molar-refractivity contribution in [2.45, 2.75) is 52.1 Å². The molecule has 1 fully saturated rings. The van der Waals surface area contributed by atoms with Crippen LogP contribution in [0.4, 0.5) is 0 Å². The molecule has 1 atom stereocenters. The number of aliphatic imine (C=N–C) groups is 1. The number of hydrogen-bond donors (Lipinski definition) is 2. The lowest BCUT2D eigenvalue weighted by Gasteiger charge is -2.24. The van der Waals surface area contributed by atoms with E-state index >= 15 is 0 Å². The van der Waals surface area contributed by atoms with Gasteiger partial charge in [-0.15, -0.1) is 24.0 Å². The number of furan rings is 1. The van der Waals surface area contributed by atoms with Crippen LogP contribution in [0.25, 0.3) is 0 Å². The molecule has 29 heavy (non-hydrogen) atoms. The Morgan fingerprint density at radius 2 is 2.10 bits per heavy atom. The van der Waals surface area contributed by atoms with E-state index in [0.717, 1.165) is 63.1 Å². The molecular formula is C21H35IN6O. The number of aryl methyl sites for hydroxylation is 2. The quantitative estimate of drug-likeness (QED) is 0.220. The molecule has 0 aromatic carbocycles. The molecule has 7 nitrogen and oxygen atoms in total. The lowest BCUT2D eigenvalue weighted by Crippen LogP contribution is -2.38. The first-order valence-electron chi connectivity index (χ1n) is 10.5. The Hall–Kier alpha value is -1.55. The highest BCUT2D eigenvalue weighted by Crippen LogP contribution is 2.25. The molecule has 0 saturated carbocycles. The molecule has 0 spiro atoms. The summed E-state index contributed by atoms with van der Waals surface area (Å²) in [5, 5.41) is 6.83. The fourth-order valence-electron chi connectivity index (χ4n) is 3.69. The van der Waals surface area contributed by atoms with Gasteiger partial charge in [0.05, 0.1) is 18.8 Å². The Labute approximate surface area is 191 Å². The first kappa shape index (κ1) is 23.7. The van der Waals surface area contributed by atoms with Gasteiger partial charge >= 0.3 is 0 Å². The van der Waals surface area contributed by atoms with E-state index in [1.165, 1.54) is 12.8 Å². The number of halogens is 1. The number of likely N-dealkylation sites (tertiary alicyclic amines) is 1. The first-order chi connectivity index (χ1) is 13.8. The third-order valence-electron chi connectivity index (χ3n) is 5.26. The highest BCUT2D eigenvalue weighted by molar-refractivity contribution is 14.0. The van der Waals surface area contributed by atoms with Crippen molar-refractivity contribution in [1.82, 2.24) is 25.1 Å². The molecule has 1 aliphatic rings. The molecule has 1 unspecified atom stereocenters. The molecule has 2 aromatic heterocycles. The van der Waals surface area contributed by atoms with Crippen LogP contribution >= 0.6 is 24.0 Å². The van der Waals surface area contributed by atoms with Crippen LogP contribution in [0.5, 0.6) is 0 Å². The van der Waals surface area contributed by atoms with Gasteiger partial charge in [-0.1, -0.05) is 0 Å². The molecule has 3 rings (SSSR count). The highest BCUT2D eigenvalue weighted by Gasteiger charge is 2.25. The molecule has 2 aromatic rings. The molecule has 2 N–H and O–H groups in total. The predicted octanol–water partition coefficient (Wildman–Crippen LogP) is 3.57. The van der Waals surface area contributed by atoms with Crippen LogP contribution in [-0.2, 0) is 6.54 Å². The maximum absolute atomic E-state index is 5.70. The summed E-state index contributed by atoms with van der Waals surface area (Å²) in [4.78, 5) is 11.6. The third kappa shape index (κ3) is 7.33. The van der Waals surface area contributed by atoms with Gasteiger partial charge in [0.2, 0.25) is 0 Å². The van der Waals surface area contributed by atoms with Gasteiger partial charge in [-0.05, 0) is 64.8 Å². The second kappa shape index (κ2) is 12.9. The van der Waals surface area contributed by atoms with E-state index in [1.807, 2.05) is 25.4 Å². The maximum atomic E-state index is 5.70. The Morgan fingerprint density at radius 1 is 1.28 bits per heavy atom. The molecule has 0 aliphatic carbocycles. The van der Waals surface area contributed by atoms with Gasteiger partial charge < -0.3 is 19.6 Å². The second-order valence-corrected chi connectivity index (χ2v) is 7.30. The van der Waals surface area contributed by atoms with Crippen LogP contribution in [0.1, 0.15) is 50.2 Å². The molecule has 162 valence electrons. The van der Waals surface area contributed by atoms with Crippen molar-refractivity contribution in [1.29, 1.82) is 0 Å². The summed E-state index contributed by atoms with van der Waals surface area (Å²) in [6.07, 6.45) is 10.4. The van der Waals surface area contributed by atoms with E-state index in [-0.39, 0.29) is 30.0 Å². The summed E-state index contributed by atoms with van der Waals surface area (Å²) in [6.45, 7) is 9.88. The Balaban J connectivity index is 0.00000300. The zero-order chi connectivity index (χ0) is 19.6. The molecule has 3 heterocycles. The summed E-state index contributed by atoms with van der Waals surface area (Å²) in [6, 6.07) is 4.25. The van der Waals surface area contributed by atoms with Gasteiger partial charge in [-0.25, -0.2) is 4.98 Å². The van der Waals surface area contributed by atoms with Gasteiger partial charge in [-0.3, -0.25) is 9.89 Å². The zero-order valence-corrected chi connectivity index (χ0v) is 20.0. The zero-order valence-electron chi connectivity index (χ0n) is 17.6. The van der Waals surface area contributed by atoms with Crippen molar-refractivity contribution in [2.75, 3.05) is 32.7 Å². The van der Waals surface area contributed by atoms with Crippen LogP contribution in [0.15, 0.2) is 40.2 Å². The normalized spacial score (nSPS) is 15.9. The number of nitrogens with one attached hydrogen (secondary N) is 2. The number of rotatable bonds is 10. The Kier molecular flexibility index (Phi) is 10.5. The van der Waals surface area contributed by atoms with Gasteiger partial charge in [0.25, 0.3) is 0 Å². The topological polar surface area (TPSA) is 70.6 Å². The van der Waals surface area contributed by atoms with Crippen LogP contribution in [0, 0.1) is 6.92 Å². The largest absolute Gasteiger partial charge is 0.468 e. The van der Waals surface area contributed by atoms with Crippen LogP contribution in [0.3, 0.4) is 0 Å². The SMILES string of the molecule is CCNC(=NCC(c1ccco1)N1CCCC1)NCCCCn1ccnc1C.I.